The lowest BCUT2D eigenvalue weighted by molar-refractivity contribution is 0.0748. The Balaban J connectivity index is 1.43. The molecule has 6 nitrogen and oxygen atoms in total. The van der Waals surface area contributed by atoms with E-state index in [1.165, 1.54) is 0 Å². The summed E-state index contributed by atoms with van der Waals surface area (Å²) in [5, 5.41) is 3.99. The molecule has 3 aromatic rings. The number of carbonyl (C=O) groups is 1. The summed E-state index contributed by atoms with van der Waals surface area (Å²) in [6.07, 6.45) is 2.32. The zero-order valence-corrected chi connectivity index (χ0v) is 17.5. The first-order valence-electron chi connectivity index (χ1n) is 10.1. The molecule has 2 fully saturated rings. The third-order valence-electron chi connectivity index (χ3n) is 5.71. The van der Waals surface area contributed by atoms with E-state index < -0.39 is 0 Å². The zero-order chi connectivity index (χ0) is 20.0. The molecule has 2 aliphatic rings. The third-order valence-corrected chi connectivity index (χ3v) is 6.73. The second kappa shape index (κ2) is 7.30. The lowest BCUT2D eigenvalue weighted by Crippen LogP contribution is -2.48. The van der Waals surface area contributed by atoms with E-state index in [2.05, 4.69) is 15.3 Å². The van der Waals surface area contributed by atoms with Crippen LogP contribution in [0.4, 0.5) is 5.13 Å². The van der Waals surface area contributed by atoms with Gasteiger partial charge in [-0.3, -0.25) is 9.78 Å². The van der Waals surface area contributed by atoms with Crippen LogP contribution in [-0.2, 0) is 0 Å². The van der Waals surface area contributed by atoms with Crippen molar-refractivity contribution in [2.45, 2.75) is 25.7 Å². The van der Waals surface area contributed by atoms with Crippen molar-refractivity contribution in [1.29, 1.82) is 0 Å². The minimum absolute atomic E-state index is 0.0857. The van der Waals surface area contributed by atoms with E-state index in [1.54, 1.807) is 18.4 Å². The molecule has 1 amide bonds. The average molecular weight is 409 g/mol. The molecule has 150 valence electrons. The van der Waals surface area contributed by atoms with E-state index in [4.69, 9.17) is 9.72 Å². The van der Waals surface area contributed by atoms with E-state index >= 15 is 0 Å². The van der Waals surface area contributed by atoms with Crippen LogP contribution in [-0.4, -0.2) is 54.1 Å². The standard InChI is InChI=1S/C22H24N4O2S/c1-14-13-29-22(23-14)26-9-7-25(8-10-26)21(27)18-12-20(15-3-4-15)24-19-6-5-16(28-2)11-17(18)19/h5-6,11-13,15H,3-4,7-10H2,1-2H3. The Labute approximate surface area is 174 Å². The highest BCUT2D eigenvalue weighted by Gasteiger charge is 2.29. The molecule has 0 atom stereocenters. The number of hydrogen-bond donors (Lipinski definition) is 0. The van der Waals surface area contributed by atoms with Gasteiger partial charge in [-0.15, -0.1) is 11.3 Å². The van der Waals surface area contributed by atoms with Gasteiger partial charge in [0.25, 0.3) is 5.91 Å². The third kappa shape index (κ3) is 3.55. The van der Waals surface area contributed by atoms with E-state index in [-0.39, 0.29) is 5.91 Å². The number of thiazole rings is 1. The molecule has 3 heterocycles. The van der Waals surface area contributed by atoms with Crippen LogP contribution in [0.5, 0.6) is 5.75 Å². The number of anilines is 1. The molecule has 7 heteroatoms. The van der Waals surface area contributed by atoms with Gasteiger partial charge >= 0.3 is 0 Å². The van der Waals surface area contributed by atoms with E-state index in [0.717, 1.165) is 64.7 Å². The number of pyridine rings is 1. The van der Waals surface area contributed by atoms with Crippen molar-refractivity contribution in [2.24, 2.45) is 0 Å². The first-order valence-corrected chi connectivity index (χ1v) is 11.0. The number of aryl methyl sites for hydroxylation is 1. The fourth-order valence-electron chi connectivity index (χ4n) is 3.88. The van der Waals surface area contributed by atoms with Gasteiger partial charge in [-0.2, -0.15) is 0 Å². The van der Waals surface area contributed by atoms with Gasteiger partial charge in [0.05, 0.1) is 23.9 Å². The molecule has 2 aromatic heterocycles. The highest BCUT2D eigenvalue weighted by molar-refractivity contribution is 7.13. The Morgan fingerprint density at radius 2 is 1.93 bits per heavy atom. The zero-order valence-electron chi connectivity index (χ0n) is 16.7. The Morgan fingerprint density at radius 3 is 2.59 bits per heavy atom. The molecule has 1 saturated heterocycles. The van der Waals surface area contributed by atoms with Crippen molar-refractivity contribution in [2.75, 3.05) is 38.2 Å². The average Bonchev–Trinajstić information content (AvgIpc) is 3.52. The van der Waals surface area contributed by atoms with Crippen LogP contribution >= 0.6 is 11.3 Å². The number of ether oxygens (including phenoxy) is 1. The van der Waals surface area contributed by atoms with Crippen LogP contribution in [0.3, 0.4) is 0 Å². The van der Waals surface area contributed by atoms with Gasteiger partial charge in [0.15, 0.2) is 5.13 Å². The predicted octanol–water partition coefficient (Wildman–Crippen LogP) is 3.85. The van der Waals surface area contributed by atoms with Gasteiger partial charge < -0.3 is 14.5 Å². The van der Waals surface area contributed by atoms with E-state index in [0.29, 0.717) is 19.0 Å². The molecule has 0 unspecified atom stereocenters. The summed E-state index contributed by atoms with van der Waals surface area (Å²) in [6, 6.07) is 7.81. The number of rotatable bonds is 4. The molecule has 1 aromatic carbocycles. The highest BCUT2D eigenvalue weighted by Crippen LogP contribution is 2.40. The molecule has 1 aliphatic heterocycles. The smallest absolute Gasteiger partial charge is 0.254 e. The lowest BCUT2D eigenvalue weighted by Gasteiger charge is -2.34. The topological polar surface area (TPSA) is 58.6 Å². The van der Waals surface area contributed by atoms with Gasteiger partial charge in [-0.05, 0) is 44.0 Å². The van der Waals surface area contributed by atoms with Crippen LogP contribution in [0.2, 0.25) is 0 Å². The predicted molar refractivity (Wildman–Crippen MR) is 115 cm³/mol. The second-order valence-electron chi connectivity index (χ2n) is 7.80. The van der Waals surface area contributed by atoms with Crippen molar-refractivity contribution >= 4 is 33.3 Å². The van der Waals surface area contributed by atoms with E-state index in [1.807, 2.05) is 36.1 Å². The largest absolute Gasteiger partial charge is 0.497 e. The number of aromatic nitrogens is 2. The van der Waals surface area contributed by atoms with Crippen LogP contribution in [0, 0.1) is 6.92 Å². The molecule has 0 spiro atoms. The summed E-state index contributed by atoms with van der Waals surface area (Å²) in [5.41, 5.74) is 3.71. The van der Waals surface area contributed by atoms with Gasteiger partial charge in [0.1, 0.15) is 5.75 Å². The van der Waals surface area contributed by atoms with Crippen molar-refractivity contribution < 1.29 is 9.53 Å². The minimum atomic E-state index is 0.0857. The summed E-state index contributed by atoms with van der Waals surface area (Å²) in [5.74, 6) is 1.33. The molecule has 29 heavy (non-hydrogen) atoms. The molecular weight excluding hydrogens is 384 g/mol. The summed E-state index contributed by atoms with van der Waals surface area (Å²) < 4.78 is 5.39. The number of amides is 1. The Kier molecular flexibility index (Phi) is 4.62. The fourth-order valence-corrected chi connectivity index (χ4v) is 4.73. The number of carbonyl (C=O) groups excluding carboxylic acids is 1. The van der Waals surface area contributed by atoms with Crippen molar-refractivity contribution in [1.82, 2.24) is 14.9 Å². The monoisotopic (exact) mass is 408 g/mol. The number of nitrogens with zero attached hydrogens (tertiary/aromatic N) is 4. The minimum Gasteiger partial charge on any atom is -0.497 e. The Bertz CT molecular complexity index is 1070. The lowest BCUT2D eigenvalue weighted by atomic mass is 10.0. The highest BCUT2D eigenvalue weighted by atomic mass is 32.1. The Morgan fingerprint density at radius 1 is 1.14 bits per heavy atom. The van der Waals surface area contributed by atoms with Crippen LogP contribution in [0.1, 0.15) is 40.5 Å². The summed E-state index contributed by atoms with van der Waals surface area (Å²) >= 11 is 1.67. The van der Waals surface area contributed by atoms with Gasteiger partial charge in [-0.25, -0.2) is 4.98 Å². The maximum absolute atomic E-state index is 13.5. The molecule has 5 rings (SSSR count). The maximum atomic E-state index is 13.5. The first-order chi connectivity index (χ1) is 14.1. The fraction of sp³-hybridized carbons (Fsp3) is 0.409. The Hall–Kier alpha value is -2.67. The number of hydrogen-bond acceptors (Lipinski definition) is 6. The number of piperazine rings is 1. The SMILES string of the molecule is COc1ccc2nc(C3CC3)cc(C(=O)N3CCN(c4nc(C)cs4)CC3)c2c1. The van der Waals surface area contributed by atoms with Crippen LogP contribution in [0.25, 0.3) is 10.9 Å². The molecule has 0 radical (unpaired) electrons. The second-order valence-corrected chi connectivity index (χ2v) is 8.64. The van der Waals surface area contributed by atoms with Gasteiger partial charge in [0.2, 0.25) is 0 Å². The molecule has 1 aliphatic carbocycles. The van der Waals surface area contributed by atoms with E-state index in [9.17, 15) is 4.79 Å². The summed E-state index contributed by atoms with van der Waals surface area (Å²) in [6.45, 7) is 5.02. The molecule has 1 saturated carbocycles. The number of fused-ring (bicyclic) bond motifs is 1. The van der Waals surface area contributed by atoms with Crippen molar-refractivity contribution in [3.05, 3.63) is 46.6 Å². The van der Waals surface area contributed by atoms with Crippen LogP contribution in [0.15, 0.2) is 29.6 Å². The van der Waals surface area contributed by atoms with Crippen molar-refractivity contribution in [3.63, 3.8) is 0 Å². The van der Waals surface area contributed by atoms with Gasteiger partial charge in [0, 0.05) is 48.6 Å². The maximum Gasteiger partial charge on any atom is 0.254 e. The van der Waals surface area contributed by atoms with Crippen LogP contribution < -0.4 is 9.64 Å². The quantitative estimate of drug-likeness (QED) is 0.656. The van der Waals surface area contributed by atoms with Gasteiger partial charge in [-0.1, -0.05) is 0 Å². The number of methoxy groups -OCH3 is 1. The normalized spacial score (nSPS) is 17.0. The van der Waals surface area contributed by atoms with Crippen molar-refractivity contribution in [3.8, 4) is 5.75 Å². The molecule has 0 N–H and O–H groups in total. The first kappa shape index (κ1) is 18.4. The summed E-state index contributed by atoms with van der Waals surface area (Å²) in [7, 11) is 1.65. The summed E-state index contributed by atoms with van der Waals surface area (Å²) in [4.78, 5) is 27.1. The molecular formula is C22H24N4O2S. The number of benzene rings is 1. The molecule has 0 bridgehead atoms.